The van der Waals surface area contributed by atoms with Gasteiger partial charge in [0.15, 0.2) is 11.8 Å². The molecule has 0 spiro atoms. The van der Waals surface area contributed by atoms with E-state index in [1.54, 1.807) is 0 Å². The Morgan fingerprint density at radius 1 is 1.46 bits per heavy atom. The Bertz CT molecular complexity index is 733. The van der Waals surface area contributed by atoms with E-state index in [2.05, 4.69) is 52.4 Å². The molecule has 0 aliphatic carbocycles. The third kappa shape index (κ3) is 4.42. The minimum atomic E-state index is 0.280. The van der Waals surface area contributed by atoms with Gasteiger partial charge in [0.2, 0.25) is 5.89 Å². The topological polar surface area (TPSA) is 84.4 Å². The van der Waals surface area contributed by atoms with Crippen molar-refractivity contribution in [2.24, 2.45) is 12.0 Å². The number of guanidine groups is 1. The zero-order chi connectivity index (χ0) is 18.5. The molecule has 142 valence electrons. The van der Waals surface area contributed by atoms with Crippen molar-refractivity contribution in [3.05, 3.63) is 29.7 Å². The van der Waals surface area contributed by atoms with Crippen LogP contribution in [0.3, 0.4) is 0 Å². The zero-order valence-electron chi connectivity index (χ0n) is 16.1. The maximum absolute atomic E-state index is 5.30. The maximum atomic E-state index is 5.30. The van der Waals surface area contributed by atoms with Gasteiger partial charge >= 0.3 is 0 Å². The van der Waals surface area contributed by atoms with E-state index in [-0.39, 0.29) is 5.92 Å². The van der Waals surface area contributed by atoms with Crippen LogP contribution in [-0.4, -0.2) is 57.0 Å². The van der Waals surface area contributed by atoms with Gasteiger partial charge in [0.1, 0.15) is 0 Å². The average Bonchev–Trinajstić information content (AvgIpc) is 3.34. The molecular weight excluding hydrogens is 330 g/mol. The fourth-order valence-corrected chi connectivity index (χ4v) is 3.16. The molecule has 1 aliphatic rings. The van der Waals surface area contributed by atoms with Gasteiger partial charge in [-0.25, -0.2) is 0 Å². The molecule has 2 aromatic heterocycles. The molecule has 0 saturated carbocycles. The van der Waals surface area contributed by atoms with Crippen LogP contribution < -0.4 is 5.32 Å². The highest BCUT2D eigenvalue weighted by atomic mass is 16.5. The monoisotopic (exact) mass is 359 g/mol. The number of nitrogens with zero attached hydrogens (tertiary/aromatic N) is 6. The standard InChI is InChI=1S/C18H29N7O/c1-5-19-18(20-8-6-16-22-17(13(2)3)23-26-16)25-9-7-14(12-25)15-10-21-24(4)11-15/h10-11,13-14H,5-9,12H2,1-4H3,(H,19,20). The second-order valence-electron chi connectivity index (χ2n) is 7.07. The number of likely N-dealkylation sites (tertiary alicyclic amines) is 1. The molecule has 1 N–H and O–H groups in total. The minimum Gasteiger partial charge on any atom is -0.357 e. The molecule has 8 nitrogen and oxygen atoms in total. The number of aliphatic imine (C=N–C) groups is 1. The first-order valence-electron chi connectivity index (χ1n) is 9.41. The Morgan fingerprint density at radius 3 is 2.96 bits per heavy atom. The summed E-state index contributed by atoms with van der Waals surface area (Å²) in [7, 11) is 1.96. The molecule has 1 fully saturated rings. The SMILES string of the molecule is CCNC(=NCCc1nc(C(C)C)no1)N1CCC(c2cnn(C)c2)C1. The highest BCUT2D eigenvalue weighted by Crippen LogP contribution is 2.26. The van der Waals surface area contributed by atoms with Gasteiger partial charge in [-0.05, 0) is 18.9 Å². The first-order chi connectivity index (χ1) is 12.6. The highest BCUT2D eigenvalue weighted by molar-refractivity contribution is 5.80. The summed E-state index contributed by atoms with van der Waals surface area (Å²) in [5, 5.41) is 11.7. The Balaban J connectivity index is 1.58. The first-order valence-corrected chi connectivity index (χ1v) is 9.41. The van der Waals surface area contributed by atoms with Gasteiger partial charge in [-0.1, -0.05) is 19.0 Å². The Labute approximate surface area is 154 Å². The molecule has 1 unspecified atom stereocenters. The van der Waals surface area contributed by atoms with E-state index in [1.165, 1.54) is 5.56 Å². The third-order valence-corrected chi connectivity index (χ3v) is 4.61. The summed E-state index contributed by atoms with van der Waals surface area (Å²) in [6.45, 7) is 9.67. The van der Waals surface area contributed by atoms with Gasteiger partial charge in [-0.2, -0.15) is 10.1 Å². The summed E-state index contributed by atoms with van der Waals surface area (Å²) in [6.07, 6.45) is 5.87. The van der Waals surface area contributed by atoms with Crippen LogP contribution in [0.1, 0.15) is 56.3 Å². The summed E-state index contributed by atoms with van der Waals surface area (Å²) in [4.78, 5) is 11.5. The van der Waals surface area contributed by atoms with Crippen molar-refractivity contribution in [1.29, 1.82) is 0 Å². The summed E-state index contributed by atoms with van der Waals surface area (Å²) < 4.78 is 7.16. The molecule has 8 heteroatoms. The van der Waals surface area contributed by atoms with Crippen LogP contribution in [0.5, 0.6) is 0 Å². The van der Waals surface area contributed by atoms with Crippen molar-refractivity contribution in [2.45, 2.75) is 45.4 Å². The molecule has 3 rings (SSSR count). The molecule has 0 radical (unpaired) electrons. The summed E-state index contributed by atoms with van der Waals surface area (Å²) in [6, 6.07) is 0. The summed E-state index contributed by atoms with van der Waals surface area (Å²) >= 11 is 0. The molecule has 3 heterocycles. The van der Waals surface area contributed by atoms with E-state index in [4.69, 9.17) is 9.52 Å². The molecule has 26 heavy (non-hydrogen) atoms. The quantitative estimate of drug-likeness (QED) is 0.627. The number of aromatic nitrogens is 4. The number of hydrogen-bond donors (Lipinski definition) is 1. The van der Waals surface area contributed by atoms with E-state index < -0.39 is 0 Å². The molecule has 0 bridgehead atoms. The van der Waals surface area contributed by atoms with E-state index in [0.717, 1.165) is 37.8 Å². The van der Waals surface area contributed by atoms with E-state index in [1.807, 2.05) is 17.9 Å². The van der Waals surface area contributed by atoms with Crippen molar-refractivity contribution < 1.29 is 4.52 Å². The second kappa shape index (κ2) is 8.33. The molecule has 2 aromatic rings. The van der Waals surface area contributed by atoms with Crippen molar-refractivity contribution in [2.75, 3.05) is 26.2 Å². The van der Waals surface area contributed by atoms with Crippen LogP contribution in [0.15, 0.2) is 21.9 Å². The van der Waals surface area contributed by atoms with Crippen LogP contribution in [0, 0.1) is 0 Å². The predicted molar refractivity (Wildman–Crippen MR) is 100 cm³/mol. The van der Waals surface area contributed by atoms with Gasteiger partial charge in [0.05, 0.1) is 12.7 Å². The van der Waals surface area contributed by atoms with Crippen LogP contribution in [0.2, 0.25) is 0 Å². The number of nitrogens with one attached hydrogen (secondary N) is 1. The van der Waals surface area contributed by atoms with Crippen molar-refractivity contribution in [3.8, 4) is 0 Å². The van der Waals surface area contributed by atoms with Crippen molar-refractivity contribution in [1.82, 2.24) is 30.1 Å². The molecule has 1 saturated heterocycles. The number of hydrogen-bond acceptors (Lipinski definition) is 5. The lowest BCUT2D eigenvalue weighted by molar-refractivity contribution is 0.372. The molecule has 1 aliphatic heterocycles. The summed E-state index contributed by atoms with van der Waals surface area (Å²) in [5.74, 6) is 3.17. The normalized spacial score (nSPS) is 18.1. The van der Waals surface area contributed by atoms with Crippen LogP contribution in [0.4, 0.5) is 0 Å². The predicted octanol–water partition coefficient (Wildman–Crippen LogP) is 1.92. The number of rotatable bonds is 6. The zero-order valence-corrected chi connectivity index (χ0v) is 16.1. The highest BCUT2D eigenvalue weighted by Gasteiger charge is 2.26. The van der Waals surface area contributed by atoms with Crippen LogP contribution >= 0.6 is 0 Å². The van der Waals surface area contributed by atoms with Crippen molar-refractivity contribution in [3.63, 3.8) is 0 Å². The molecule has 0 aromatic carbocycles. The van der Waals surface area contributed by atoms with E-state index >= 15 is 0 Å². The average molecular weight is 359 g/mol. The van der Waals surface area contributed by atoms with Gasteiger partial charge < -0.3 is 14.7 Å². The lowest BCUT2D eigenvalue weighted by atomic mass is 10.0. The van der Waals surface area contributed by atoms with Gasteiger partial charge in [-0.3, -0.25) is 9.67 Å². The third-order valence-electron chi connectivity index (χ3n) is 4.61. The lowest BCUT2D eigenvalue weighted by Gasteiger charge is -2.21. The van der Waals surface area contributed by atoms with Gasteiger partial charge in [-0.15, -0.1) is 0 Å². The largest absolute Gasteiger partial charge is 0.357 e. The Hall–Kier alpha value is -2.38. The van der Waals surface area contributed by atoms with Crippen LogP contribution in [-0.2, 0) is 13.5 Å². The Morgan fingerprint density at radius 2 is 2.31 bits per heavy atom. The van der Waals surface area contributed by atoms with Crippen molar-refractivity contribution >= 4 is 5.96 Å². The van der Waals surface area contributed by atoms with E-state index in [9.17, 15) is 0 Å². The first kappa shape index (κ1) is 18.4. The maximum Gasteiger partial charge on any atom is 0.228 e. The lowest BCUT2D eigenvalue weighted by Crippen LogP contribution is -2.40. The Kier molecular flexibility index (Phi) is 5.90. The molecule has 0 amide bonds. The molecule has 1 atom stereocenters. The fraction of sp³-hybridized carbons (Fsp3) is 0.667. The van der Waals surface area contributed by atoms with Gasteiger partial charge in [0.25, 0.3) is 0 Å². The smallest absolute Gasteiger partial charge is 0.228 e. The van der Waals surface area contributed by atoms with Crippen LogP contribution in [0.25, 0.3) is 0 Å². The minimum absolute atomic E-state index is 0.280. The van der Waals surface area contributed by atoms with E-state index in [0.29, 0.717) is 24.8 Å². The second-order valence-corrected chi connectivity index (χ2v) is 7.07. The number of aryl methyl sites for hydroxylation is 1. The summed E-state index contributed by atoms with van der Waals surface area (Å²) in [5.41, 5.74) is 1.30. The van der Waals surface area contributed by atoms with Gasteiger partial charge in [0, 0.05) is 51.1 Å². The molecular formula is C18H29N7O. The fourth-order valence-electron chi connectivity index (χ4n) is 3.16.